The highest BCUT2D eigenvalue weighted by molar-refractivity contribution is 6.03. The largest absolute Gasteiger partial charge is 0.478 e. The van der Waals surface area contributed by atoms with Crippen LogP contribution in [0.3, 0.4) is 0 Å². The number of nitrogens with zero attached hydrogens (tertiary/aromatic N) is 2. The van der Waals surface area contributed by atoms with Gasteiger partial charge in [-0.3, -0.25) is 4.79 Å². The smallest absolute Gasteiger partial charge is 0.335 e. The number of imidazole rings is 1. The van der Waals surface area contributed by atoms with Gasteiger partial charge in [0, 0.05) is 18.9 Å². The molecule has 2 aromatic rings. The molecule has 2 rings (SSSR count). The minimum absolute atomic E-state index is 0.119. The van der Waals surface area contributed by atoms with E-state index in [9.17, 15) is 9.59 Å². The molecule has 2 N–H and O–H groups in total. The van der Waals surface area contributed by atoms with Crippen molar-refractivity contribution in [3.8, 4) is 0 Å². The Balaban J connectivity index is 2.16. The van der Waals surface area contributed by atoms with E-state index in [1.165, 1.54) is 18.5 Å². The van der Waals surface area contributed by atoms with Crippen molar-refractivity contribution in [1.82, 2.24) is 9.55 Å². The Morgan fingerprint density at radius 1 is 1.39 bits per heavy atom. The van der Waals surface area contributed by atoms with Gasteiger partial charge in [-0.2, -0.15) is 0 Å². The molecule has 1 heterocycles. The van der Waals surface area contributed by atoms with Crippen molar-refractivity contribution in [3.63, 3.8) is 0 Å². The number of carbonyl (C=O) groups excluding carboxylic acids is 1. The van der Waals surface area contributed by atoms with Gasteiger partial charge in [-0.15, -0.1) is 0 Å². The van der Waals surface area contributed by atoms with Crippen LogP contribution in [-0.2, 0) is 7.05 Å². The molecule has 0 fully saturated rings. The van der Waals surface area contributed by atoms with Gasteiger partial charge >= 0.3 is 5.97 Å². The van der Waals surface area contributed by atoms with Crippen LogP contribution in [0, 0.1) is 0 Å². The predicted molar refractivity (Wildman–Crippen MR) is 64.6 cm³/mol. The van der Waals surface area contributed by atoms with Gasteiger partial charge in [0.25, 0.3) is 5.91 Å². The normalized spacial score (nSPS) is 10.1. The molecule has 0 aliphatic heterocycles. The molecule has 0 saturated heterocycles. The summed E-state index contributed by atoms with van der Waals surface area (Å²) < 4.78 is 1.66. The molecule has 1 aromatic heterocycles. The molecule has 0 unspecified atom stereocenters. The van der Waals surface area contributed by atoms with Crippen molar-refractivity contribution in [2.24, 2.45) is 7.05 Å². The van der Waals surface area contributed by atoms with Crippen molar-refractivity contribution in [2.75, 3.05) is 5.32 Å². The van der Waals surface area contributed by atoms with Crippen molar-refractivity contribution in [1.29, 1.82) is 0 Å². The molecule has 0 aliphatic rings. The van der Waals surface area contributed by atoms with E-state index in [1.807, 2.05) is 0 Å². The summed E-state index contributed by atoms with van der Waals surface area (Å²) in [4.78, 5) is 26.5. The molecule has 92 valence electrons. The number of carboxylic acids is 1. The molecule has 0 aliphatic carbocycles. The van der Waals surface area contributed by atoms with Crippen molar-refractivity contribution >= 4 is 17.6 Å². The van der Waals surface area contributed by atoms with Crippen LogP contribution >= 0.6 is 0 Å². The van der Waals surface area contributed by atoms with Crippen LogP contribution < -0.4 is 5.32 Å². The fourth-order valence-corrected chi connectivity index (χ4v) is 1.46. The number of hydrogen-bond acceptors (Lipinski definition) is 3. The molecule has 18 heavy (non-hydrogen) atoms. The van der Waals surface area contributed by atoms with Crippen LogP contribution in [0.4, 0.5) is 5.69 Å². The first-order chi connectivity index (χ1) is 8.56. The first kappa shape index (κ1) is 11.8. The average Bonchev–Trinajstić information content (AvgIpc) is 2.76. The maximum Gasteiger partial charge on any atom is 0.335 e. The number of aromatic carboxylic acids is 1. The molecule has 0 saturated carbocycles. The zero-order valence-corrected chi connectivity index (χ0v) is 9.62. The summed E-state index contributed by atoms with van der Waals surface area (Å²) in [6.07, 6.45) is 3.10. The average molecular weight is 245 g/mol. The number of nitrogens with one attached hydrogen (secondary N) is 1. The van der Waals surface area contributed by atoms with E-state index < -0.39 is 5.97 Å². The molecular weight excluding hydrogens is 234 g/mol. The van der Waals surface area contributed by atoms with Gasteiger partial charge < -0.3 is 15.0 Å². The summed E-state index contributed by atoms with van der Waals surface area (Å²) >= 11 is 0. The van der Waals surface area contributed by atoms with Crippen LogP contribution in [0.15, 0.2) is 36.8 Å². The highest BCUT2D eigenvalue weighted by Gasteiger charge is 2.10. The number of hydrogen-bond donors (Lipinski definition) is 2. The van der Waals surface area contributed by atoms with Crippen molar-refractivity contribution in [2.45, 2.75) is 0 Å². The lowest BCUT2D eigenvalue weighted by atomic mass is 10.2. The molecule has 6 nitrogen and oxygen atoms in total. The van der Waals surface area contributed by atoms with E-state index in [-0.39, 0.29) is 17.2 Å². The summed E-state index contributed by atoms with van der Waals surface area (Å²) in [7, 11) is 1.76. The monoisotopic (exact) mass is 245 g/mol. The number of amides is 1. The lowest BCUT2D eigenvalue weighted by Crippen LogP contribution is -2.12. The summed E-state index contributed by atoms with van der Waals surface area (Å²) in [5.74, 6) is -1.41. The topological polar surface area (TPSA) is 84.2 Å². The van der Waals surface area contributed by atoms with E-state index in [2.05, 4.69) is 10.3 Å². The van der Waals surface area contributed by atoms with E-state index in [0.29, 0.717) is 5.69 Å². The highest BCUT2D eigenvalue weighted by Crippen LogP contribution is 2.11. The van der Waals surface area contributed by atoms with Gasteiger partial charge in [0.2, 0.25) is 0 Å². The number of anilines is 1. The van der Waals surface area contributed by atoms with Crippen LogP contribution in [0.2, 0.25) is 0 Å². The zero-order chi connectivity index (χ0) is 13.1. The van der Waals surface area contributed by atoms with Gasteiger partial charge in [-0.25, -0.2) is 9.78 Å². The Hall–Kier alpha value is -2.63. The first-order valence-corrected chi connectivity index (χ1v) is 5.19. The van der Waals surface area contributed by atoms with E-state index >= 15 is 0 Å². The zero-order valence-electron chi connectivity index (χ0n) is 9.62. The Labute approximate surface area is 103 Å². The SMILES string of the molecule is Cn1cnc(C(=O)Nc2cccc(C(=O)O)c2)c1. The molecule has 0 spiro atoms. The number of carboxylic acid groups (broad SMARTS) is 1. The third-order valence-electron chi connectivity index (χ3n) is 2.30. The first-order valence-electron chi connectivity index (χ1n) is 5.19. The maximum atomic E-state index is 11.8. The van der Waals surface area contributed by atoms with Crippen LogP contribution in [0.25, 0.3) is 0 Å². The minimum Gasteiger partial charge on any atom is -0.478 e. The number of rotatable bonds is 3. The summed E-state index contributed by atoms with van der Waals surface area (Å²) in [6, 6.07) is 6.03. The quantitative estimate of drug-likeness (QED) is 0.855. The third kappa shape index (κ3) is 2.54. The lowest BCUT2D eigenvalue weighted by Gasteiger charge is -2.03. The van der Waals surface area contributed by atoms with Crippen molar-refractivity contribution in [3.05, 3.63) is 48.0 Å². The Bertz CT molecular complexity index is 604. The number of carbonyl (C=O) groups is 2. The standard InChI is InChI=1S/C12H11N3O3/c1-15-6-10(13-7-15)11(16)14-9-4-2-3-8(5-9)12(17)18/h2-7H,1H3,(H,14,16)(H,17,18). The van der Waals surface area contributed by atoms with E-state index in [0.717, 1.165) is 0 Å². The van der Waals surface area contributed by atoms with E-state index in [4.69, 9.17) is 5.11 Å². The van der Waals surface area contributed by atoms with Gasteiger partial charge in [0.15, 0.2) is 0 Å². The fourth-order valence-electron chi connectivity index (χ4n) is 1.46. The Morgan fingerprint density at radius 2 is 2.17 bits per heavy atom. The number of aromatic nitrogens is 2. The summed E-state index contributed by atoms with van der Waals surface area (Å²) in [5, 5.41) is 11.4. The molecule has 0 bridgehead atoms. The molecular formula is C12H11N3O3. The van der Waals surface area contributed by atoms with Gasteiger partial charge in [0.05, 0.1) is 11.9 Å². The van der Waals surface area contributed by atoms with Crippen molar-refractivity contribution < 1.29 is 14.7 Å². The second kappa shape index (κ2) is 4.70. The fraction of sp³-hybridized carbons (Fsp3) is 0.0833. The second-order valence-corrected chi connectivity index (χ2v) is 3.76. The molecule has 0 radical (unpaired) electrons. The molecule has 1 amide bonds. The maximum absolute atomic E-state index is 11.8. The van der Waals surface area contributed by atoms with Gasteiger partial charge in [-0.05, 0) is 18.2 Å². The lowest BCUT2D eigenvalue weighted by molar-refractivity contribution is 0.0696. The minimum atomic E-state index is -1.04. The van der Waals surface area contributed by atoms with Crippen LogP contribution in [-0.4, -0.2) is 26.5 Å². The number of aryl methyl sites for hydroxylation is 1. The van der Waals surface area contributed by atoms with Crippen LogP contribution in [0.1, 0.15) is 20.8 Å². The summed E-state index contributed by atoms with van der Waals surface area (Å²) in [6.45, 7) is 0. The van der Waals surface area contributed by atoms with E-state index in [1.54, 1.807) is 29.9 Å². The summed E-state index contributed by atoms with van der Waals surface area (Å²) in [5.41, 5.74) is 0.817. The molecule has 1 aromatic carbocycles. The second-order valence-electron chi connectivity index (χ2n) is 3.76. The Morgan fingerprint density at radius 3 is 2.78 bits per heavy atom. The van der Waals surface area contributed by atoms with Gasteiger partial charge in [0.1, 0.15) is 5.69 Å². The molecule has 0 atom stereocenters. The molecule has 6 heteroatoms. The van der Waals surface area contributed by atoms with Crippen LogP contribution in [0.5, 0.6) is 0 Å². The predicted octanol–water partition coefficient (Wildman–Crippen LogP) is 1.37. The van der Waals surface area contributed by atoms with Gasteiger partial charge in [-0.1, -0.05) is 6.07 Å². The third-order valence-corrected chi connectivity index (χ3v) is 2.30. The highest BCUT2D eigenvalue weighted by atomic mass is 16.4. The number of benzene rings is 1. The Kier molecular flexibility index (Phi) is 3.09.